The zero-order valence-electron chi connectivity index (χ0n) is 9.30. The number of hydrogen-bond acceptors (Lipinski definition) is 3. The number of amides is 1. The number of phenolic OH excluding ortho intramolecular Hbond substituents is 1. The van der Waals surface area contributed by atoms with Crippen molar-refractivity contribution >= 4 is 17.6 Å². The lowest BCUT2D eigenvalue weighted by Gasteiger charge is -2.16. The van der Waals surface area contributed by atoms with E-state index in [2.05, 4.69) is 5.32 Å². The Bertz CT molecular complexity index is 483. The first-order valence-electron chi connectivity index (χ1n) is 5.41. The second kappa shape index (κ2) is 4.08. The van der Waals surface area contributed by atoms with E-state index in [0.717, 1.165) is 0 Å². The number of aromatic hydroxyl groups is 1. The Labute approximate surface area is 98.1 Å². The van der Waals surface area contributed by atoms with Crippen LogP contribution in [0.25, 0.3) is 0 Å². The number of carbonyl (C=O) groups excluding carboxylic acids is 1. The molecule has 0 aliphatic carbocycles. The van der Waals surface area contributed by atoms with Gasteiger partial charge in [0.15, 0.2) is 0 Å². The number of phenols is 1. The third-order valence-corrected chi connectivity index (χ3v) is 3.07. The first-order valence-corrected chi connectivity index (χ1v) is 5.41. The first-order chi connectivity index (χ1) is 8.04. The van der Waals surface area contributed by atoms with E-state index in [1.807, 2.05) is 0 Å². The van der Waals surface area contributed by atoms with Crippen molar-refractivity contribution < 1.29 is 19.8 Å². The molecule has 0 saturated carbocycles. The first kappa shape index (κ1) is 11.4. The average Bonchev–Trinajstić information content (AvgIpc) is 2.55. The van der Waals surface area contributed by atoms with Crippen molar-refractivity contribution in [2.24, 2.45) is 5.92 Å². The summed E-state index contributed by atoms with van der Waals surface area (Å²) in [5.41, 5.74) is 1.14. The van der Waals surface area contributed by atoms with Crippen LogP contribution >= 0.6 is 0 Å². The summed E-state index contributed by atoms with van der Waals surface area (Å²) in [6, 6.07) is 4.49. The minimum Gasteiger partial charge on any atom is -0.508 e. The molecule has 90 valence electrons. The predicted octanol–water partition coefficient (Wildman–Crippen LogP) is 1.54. The van der Waals surface area contributed by atoms with E-state index in [-0.39, 0.29) is 11.7 Å². The lowest BCUT2D eigenvalue weighted by Crippen LogP contribution is -2.26. The lowest BCUT2D eigenvalue weighted by molar-refractivity contribution is -0.144. The Morgan fingerprint density at radius 2 is 2.24 bits per heavy atom. The molecule has 17 heavy (non-hydrogen) atoms. The molecule has 0 bridgehead atoms. The molecule has 1 heterocycles. The highest BCUT2D eigenvalue weighted by atomic mass is 16.4. The zero-order valence-corrected chi connectivity index (χ0v) is 9.30. The molecule has 0 saturated heterocycles. The molecule has 0 fully saturated rings. The van der Waals surface area contributed by atoms with Crippen molar-refractivity contribution in [3.63, 3.8) is 0 Å². The molecule has 5 heteroatoms. The highest BCUT2D eigenvalue weighted by molar-refractivity contribution is 6.05. The maximum atomic E-state index is 11.8. The molecule has 5 nitrogen and oxygen atoms in total. The summed E-state index contributed by atoms with van der Waals surface area (Å²) in [6.07, 6.45) is 0.383. The van der Waals surface area contributed by atoms with Gasteiger partial charge in [0.25, 0.3) is 0 Å². The fourth-order valence-electron chi connectivity index (χ4n) is 2.23. The van der Waals surface area contributed by atoms with Gasteiger partial charge in [0.1, 0.15) is 5.75 Å². The smallest absolute Gasteiger partial charge is 0.307 e. The average molecular weight is 235 g/mol. The number of benzene rings is 1. The van der Waals surface area contributed by atoms with E-state index in [0.29, 0.717) is 17.7 Å². The third kappa shape index (κ3) is 1.84. The van der Waals surface area contributed by atoms with Crippen LogP contribution in [0.15, 0.2) is 18.2 Å². The van der Waals surface area contributed by atoms with Crippen LogP contribution in [0.4, 0.5) is 5.69 Å². The quantitative estimate of drug-likeness (QED) is 0.741. The molecule has 1 aromatic rings. The van der Waals surface area contributed by atoms with E-state index in [1.165, 1.54) is 12.1 Å². The van der Waals surface area contributed by atoms with Crippen molar-refractivity contribution in [3.8, 4) is 5.75 Å². The molecule has 2 unspecified atom stereocenters. The van der Waals surface area contributed by atoms with Crippen LogP contribution in [0.3, 0.4) is 0 Å². The second-order valence-electron chi connectivity index (χ2n) is 4.09. The lowest BCUT2D eigenvalue weighted by atomic mass is 9.85. The van der Waals surface area contributed by atoms with Gasteiger partial charge >= 0.3 is 5.97 Å². The molecule has 2 rings (SSSR count). The van der Waals surface area contributed by atoms with Gasteiger partial charge in [-0.15, -0.1) is 0 Å². The van der Waals surface area contributed by atoms with Gasteiger partial charge in [-0.3, -0.25) is 9.59 Å². The van der Waals surface area contributed by atoms with Crippen molar-refractivity contribution in [1.29, 1.82) is 0 Å². The van der Waals surface area contributed by atoms with E-state index in [4.69, 9.17) is 5.11 Å². The van der Waals surface area contributed by atoms with Crippen LogP contribution in [0, 0.1) is 5.92 Å². The van der Waals surface area contributed by atoms with Crippen molar-refractivity contribution in [2.45, 2.75) is 19.3 Å². The minimum absolute atomic E-state index is 0.0491. The van der Waals surface area contributed by atoms with Gasteiger partial charge in [-0.05, 0) is 18.1 Å². The Morgan fingerprint density at radius 3 is 2.82 bits per heavy atom. The summed E-state index contributed by atoms with van der Waals surface area (Å²) in [5.74, 6) is -2.66. The minimum atomic E-state index is -0.978. The topological polar surface area (TPSA) is 86.6 Å². The van der Waals surface area contributed by atoms with Crippen molar-refractivity contribution in [1.82, 2.24) is 0 Å². The van der Waals surface area contributed by atoms with E-state index >= 15 is 0 Å². The molecule has 1 aliphatic heterocycles. The Hall–Kier alpha value is -2.04. The highest BCUT2D eigenvalue weighted by Crippen LogP contribution is 2.40. The van der Waals surface area contributed by atoms with Crippen molar-refractivity contribution in [3.05, 3.63) is 23.8 Å². The number of carboxylic acids is 1. The van der Waals surface area contributed by atoms with Gasteiger partial charge in [0, 0.05) is 11.8 Å². The standard InChI is InChI=1S/C12H13NO4/c1-2-7(12(16)17)10-8-4-3-6(14)5-9(8)13-11(10)15/h3-5,7,10,14H,2H2,1H3,(H,13,15)(H,16,17). The number of nitrogens with one attached hydrogen (secondary N) is 1. The maximum absolute atomic E-state index is 11.8. The largest absolute Gasteiger partial charge is 0.508 e. The van der Waals surface area contributed by atoms with Crippen LogP contribution < -0.4 is 5.32 Å². The van der Waals surface area contributed by atoms with Gasteiger partial charge in [0.2, 0.25) is 5.91 Å². The Kier molecular flexibility index (Phi) is 2.75. The molecular weight excluding hydrogens is 222 g/mol. The molecule has 1 aliphatic rings. The highest BCUT2D eigenvalue weighted by Gasteiger charge is 2.39. The summed E-state index contributed by atoms with van der Waals surface area (Å²) < 4.78 is 0. The summed E-state index contributed by atoms with van der Waals surface area (Å²) >= 11 is 0. The number of carbonyl (C=O) groups is 2. The molecule has 1 aromatic carbocycles. The van der Waals surface area contributed by atoms with Crippen LogP contribution in [0.1, 0.15) is 24.8 Å². The number of carboxylic acid groups (broad SMARTS) is 1. The third-order valence-electron chi connectivity index (χ3n) is 3.07. The molecule has 3 N–H and O–H groups in total. The number of rotatable bonds is 3. The maximum Gasteiger partial charge on any atom is 0.307 e. The molecule has 1 amide bonds. The predicted molar refractivity (Wildman–Crippen MR) is 60.9 cm³/mol. The van der Waals surface area contributed by atoms with E-state index in [9.17, 15) is 14.7 Å². The van der Waals surface area contributed by atoms with Crippen LogP contribution in [0.5, 0.6) is 5.75 Å². The van der Waals surface area contributed by atoms with Crippen LogP contribution in [-0.2, 0) is 9.59 Å². The molecule has 0 spiro atoms. The summed E-state index contributed by atoms with van der Waals surface area (Å²) in [5, 5.41) is 21.0. The van der Waals surface area contributed by atoms with Crippen LogP contribution in [0.2, 0.25) is 0 Å². The summed E-state index contributed by atoms with van der Waals surface area (Å²) in [4.78, 5) is 22.9. The Morgan fingerprint density at radius 1 is 1.53 bits per heavy atom. The second-order valence-corrected chi connectivity index (χ2v) is 4.09. The molecule has 0 aromatic heterocycles. The number of aliphatic carboxylic acids is 1. The molecular formula is C12H13NO4. The van der Waals surface area contributed by atoms with E-state index < -0.39 is 17.8 Å². The SMILES string of the molecule is CCC(C(=O)O)C1C(=O)Nc2cc(O)ccc21. The van der Waals surface area contributed by atoms with Gasteiger partial charge in [0.05, 0.1) is 11.8 Å². The summed E-state index contributed by atoms with van der Waals surface area (Å²) in [7, 11) is 0. The zero-order chi connectivity index (χ0) is 12.6. The fraction of sp³-hybridized carbons (Fsp3) is 0.333. The van der Waals surface area contributed by atoms with Crippen molar-refractivity contribution in [2.75, 3.05) is 5.32 Å². The number of fused-ring (bicyclic) bond motifs is 1. The fourth-order valence-corrected chi connectivity index (χ4v) is 2.23. The number of hydrogen-bond donors (Lipinski definition) is 3. The van der Waals surface area contributed by atoms with Gasteiger partial charge in [-0.2, -0.15) is 0 Å². The van der Waals surface area contributed by atoms with Gasteiger partial charge < -0.3 is 15.5 Å². The molecule has 0 radical (unpaired) electrons. The normalized spacial score (nSPS) is 19.6. The van der Waals surface area contributed by atoms with Gasteiger partial charge in [-0.1, -0.05) is 13.0 Å². The molecule has 2 atom stereocenters. The van der Waals surface area contributed by atoms with Crippen LogP contribution in [-0.4, -0.2) is 22.1 Å². The van der Waals surface area contributed by atoms with Gasteiger partial charge in [-0.25, -0.2) is 0 Å². The Balaban J connectivity index is 2.44. The number of anilines is 1. The summed E-state index contributed by atoms with van der Waals surface area (Å²) in [6.45, 7) is 1.74. The van der Waals surface area contributed by atoms with E-state index in [1.54, 1.807) is 13.0 Å². The monoisotopic (exact) mass is 235 g/mol.